The summed E-state index contributed by atoms with van der Waals surface area (Å²) in [6.07, 6.45) is 0. The summed E-state index contributed by atoms with van der Waals surface area (Å²) in [5.74, 6) is 1.10. The average molecular weight is 291 g/mol. The molecule has 2 rings (SSSR count). The minimum Gasteiger partial charge on any atom is -0.493 e. The molecule has 0 aliphatic rings. The molecule has 0 saturated heterocycles. The summed E-state index contributed by atoms with van der Waals surface area (Å²) >= 11 is 6.08. The van der Waals surface area contributed by atoms with Gasteiger partial charge in [0.1, 0.15) is 12.4 Å². The Bertz CT molecular complexity index is 629. The molecule has 0 radical (unpaired) electrons. The van der Waals surface area contributed by atoms with Crippen molar-refractivity contribution in [1.29, 1.82) is 5.41 Å². The van der Waals surface area contributed by atoms with Crippen molar-refractivity contribution in [3.8, 4) is 11.5 Å². The molecule has 20 heavy (non-hydrogen) atoms. The van der Waals surface area contributed by atoms with Gasteiger partial charge in [-0.1, -0.05) is 29.8 Å². The van der Waals surface area contributed by atoms with Crippen molar-refractivity contribution in [2.75, 3.05) is 7.11 Å². The molecule has 0 amide bonds. The highest BCUT2D eigenvalue weighted by molar-refractivity contribution is 6.31. The van der Waals surface area contributed by atoms with Crippen molar-refractivity contribution in [3.63, 3.8) is 0 Å². The zero-order valence-corrected chi connectivity index (χ0v) is 11.8. The van der Waals surface area contributed by atoms with Crippen LogP contribution in [0.1, 0.15) is 11.1 Å². The molecule has 0 fully saturated rings. The first kappa shape index (κ1) is 14.2. The molecule has 4 nitrogen and oxygen atoms in total. The maximum Gasteiger partial charge on any atom is 0.161 e. The number of halogens is 1. The molecular formula is C15H15ClN2O2. The van der Waals surface area contributed by atoms with Gasteiger partial charge in [-0.15, -0.1) is 0 Å². The topological polar surface area (TPSA) is 68.3 Å². The van der Waals surface area contributed by atoms with E-state index in [1.165, 1.54) is 0 Å². The van der Waals surface area contributed by atoms with Crippen molar-refractivity contribution in [2.45, 2.75) is 6.61 Å². The van der Waals surface area contributed by atoms with Crippen molar-refractivity contribution in [2.24, 2.45) is 5.73 Å². The number of benzene rings is 2. The fraction of sp³-hybridized carbons (Fsp3) is 0.133. The summed E-state index contributed by atoms with van der Waals surface area (Å²) < 4.78 is 11.0. The van der Waals surface area contributed by atoms with Crippen molar-refractivity contribution < 1.29 is 9.47 Å². The van der Waals surface area contributed by atoms with E-state index in [-0.39, 0.29) is 5.84 Å². The van der Waals surface area contributed by atoms with Crippen LogP contribution in [0, 0.1) is 5.41 Å². The molecule has 0 bridgehead atoms. The van der Waals surface area contributed by atoms with Crippen molar-refractivity contribution >= 4 is 17.4 Å². The van der Waals surface area contributed by atoms with Crippen LogP contribution in [-0.2, 0) is 6.61 Å². The fourth-order valence-electron chi connectivity index (χ4n) is 1.73. The summed E-state index contributed by atoms with van der Waals surface area (Å²) in [6.45, 7) is 0.343. The van der Waals surface area contributed by atoms with E-state index >= 15 is 0 Å². The SMILES string of the molecule is COc1cc(C(=N)N)ccc1OCc1ccccc1Cl. The molecule has 0 heterocycles. The molecule has 0 unspecified atom stereocenters. The number of ether oxygens (including phenoxy) is 2. The minimum absolute atomic E-state index is 0.0130. The van der Waals surface area contributed by atoms with E-state index in [1.54, 1.807) is 25.3 Å². The van der Waals surface area contributed by atoms with Crippen LogP contribution in [0.2, 0.25) is 5.02 Å². The molecule has 0 aliphatic heterocycles. The summed E-state index contributed by atoms with van der Waals surface area (Å²) in [5.41, 5.74) is 6.93. The van der Waals surface area contributed by atoms with E-state index < -0.39 is 0 Å². The Labute approximate surface area is 122 Å². The minimum atomic E-state index is -0.0130. The maximum atomic E-state index is 7.41. The number of rotatable bonds is 5. The number of nitrogens with two attached hydrogens (primary N) is 1. The van der Waals surface area contributed by atoms with Gasteiger partial charge >= 0.3 is 0 Å². The zero-order chi connectivity index (χ0) is 14.5. The first-order valence-corrected chi connectivity index (χ1v) is 6.38. The molecule has 0 atom stereocenters. The van der Waals surface area contributed by atoms with E-state index in [0.29, 0.717) is 28.7 Å². The van der Waals surface area contributed by atoms with E-state index in [0.717, 1.165) is 5.56 Å². The summed E-state index contributed by atoms with van der Waals surface area (Å²) in [5, 5.41) is 8.07. The molecule has 0 aliphatic carbocycles. The standard InChI is InChI=1S/C15H15ClN2O2/c1-19-14-8-10(15(17)18)6-7-13(14)20-9-11-4-2-3-5-12(11)16/h2-8H,9H2,1H3,(H3,17,18). The van der Waals surface area contributed by atoms with Crippen LogP contribution in [0.4, 0.5) is 0 Å². The number of hydrogen-bond acceptors (Lipinski definition) is 3. The second-order valence-electron chi connectivity index (χ2n) is 4.16. The van der Waals surface area contributed by atoms with Crippen molar-refractivity contribution in [1.82, 2.24) is 0 Å². The zero-order valence-electron chi connectivity index (χ0n) is 11.0. The van der Waals surface area contributed by atoms with Gasteiger partial charge in [0, 0.05) is 16.1 Å². The number of methoxy groups -OCH3 is 1. The first-order chi connectivity index (χ1) is 9.61. The molecule has 5 heteroatoms. The Hall–Kier alpha value is -2.20. The normalized spacial score (nSPS) is 10.1. The van der Waals surface area contributed by atoms with Crippen LogP contribution in [0.15, 0.2) is 42.5 Å². The van der Waals surface area contributed by atoms with Crippen LogP contribution in [0.25, 0.3) is 0 Å². The molecule has 0 aromatic heterocycles. The Balaban J connectivity index is 2.17. The predicted molar refractivity (Wildman–Crippen MR) is 79.8 cm³/mol. The second-order valence-corrected chi connectivity index (χ2v) is 4.57. The average Bonchev–Trinajstić information content (AvgIpc) is 2.46. The lowest BCUT2D eigenvalue weighted by atomic mass is 10.2. The van der Waals surface area contributed by atoms with E-state index in [4.69, 9.17) is 32.2 Å². The monoisotopic (exact) mass is 290 g/mol. The van der Waals surface area contributed by atoms with Gasteiger partial charge in [0.15, 0.2) is 11.5 Å². The van der Waals surface area contributed by atoms with Crippen LogP contribution in [0.3, 0.4) is 0 Å². The highest BCUT2D eigenvalue weighted by Gasteiger charge is 2.08. The Morgan fingerprint density at radius 3 is 2.60 bits per heavy atom. The van der Waals surface area contributed by atoms with E-state index in [1.807, 2.05) is 24.3 Å². The predicted octanol–water partition coefficient (Wildman–Crippen LogP) is 3.21. The number of nitrogens with one attached hydrogen (secondary N) is 1. The van der Waals surface area contributed by atoms with E-state index in [2.05, 4.69) is 0 Å². The lowest BCUT2D eigenvalue weighted by Crippen LogP contribution is -2.11. The summed E-state index contributed by atoms with van der Waals surface area (Å²) in [6, 6.07) is 12.6. The maximum absolute atomic E-state index is 7.41. The quantitative estimate of drug-likeness (QED) is 0.656. The smallest absolute Gasteiger partial charge is 0.161 e. The molecule has 0 saturated carbocycles. The van der Waals surface area contributed by atoms with Crippen LogP contribution in [0.5, 0.6) is 11.5 Å². The number of hydrogen-bond donors (Lipinski definition) is 2. The van der Waals surface area contributed by atoms with Gasteiger partial charge in [0.05, 0.1) is 7.11 Å². The molecule has 0 spiro atoms. The summed E-state index contributed by atoms with van der Waals surface area (Å²) in [7, 11) is 1.54. The Morgan fingerprint density at radius 2 is 1.95 bits per heavy atom. The highest BCUT2D eigenvalue weighted by Crippen LogP contribution is 2.29. The van der Waals surface area contributed by atoms with Crippen LogP contribution in [-0.4, -0.2) is 12.9 Å². The Kier molecular flexibility index (Phi) is 4.48. The van der Waals surface area contributed by atoms with E-state index in [9.17, 15) is 0 Å². The van der Waals surface area contributed by atoms with Gasteiger partial charge in [-0.05, 0) is 24.3 Å². The number of amidine groups is 1. The van der Waals surface area contributed by atoms with Crippen LogP contribution >= 0.6 is 11.6 Å². The molecule has 104 valence electrons. The molecule has 2 aromatic carbocycles. The highest BCUT2D eigenvalue weighted by atomic mass is 35.5. The molecule has 3 N–H and O–H groups in total. The van der Waals surface area contributed by atoms with Gasteiger partial charge in [-0.25, -0.2) is 0 Å². The van der Waals surface area contributed by atoms with Gasteiger partial charge in [0.2, 0.25) is 0 Å². The lowest BCUT2D eigenvalue weighted by molar-refractivity contribution is 0.284. The fourth-order valence-corrected chi connectivity index (χ4v) is 1.92. The van der Waals surface area contributed by atoms with Gasteiger partial charge in [-0.3, -0.25) is 5.41 Å². The van der Waals surface area contributed by atoms with Crippen LogP contribution < -0.4 is 15.2 Å². The van der Waals surface area contributed by atoms with Crippen molar-refractivity contribution in [3.05, 3.63) is 58.6 Å². The Morgan fingerprint density at radius 1 is 1.20 bits per heavy atom. The lowest BCUT2D eigenvalue weighted by Gasteiger charge is -2.12. The number of nitrogen functional groups attached to an aromatic ring is 1. The third-order valence-corrected chi connectivity index (χ3v) is 3.18. The first-order valence-electron chi connectivity index (χ1n) is 6.00. The third kappa shape index (κ3) is 3.22. The van der Waals surface area contributed by atoms with Gasteiger partial charge < -0.3 is 15.2 Å². The molecule has 2 aromatic rings. The summed E-state index contributed by atoms with van der Waals surface area (Å²) in [4.78, 5) is 0. The van der Waals surface area contributed by atoms with Gasteiger partial charge in [-0.2, -0.15) is 0 Å². The van der Waals surface area contributed by atoms with Gasteiger partial charge in [0.25, 0.3) is 0 Å². The second kappa shape index (κ2) is 6.30. The molecular weight excluding hydrogens is 276 g/mol. The largest absolute Gasteiger partial charge is 0.493 e. The third-order valence-electron chi connectivity index (χ3n) is 2.82.